The third-order valence-corrected chi connectivity index (χ3v) is 3.98. The van der Waals surface area contributed by atoms with E-state index in [1.54, 1.807) is 4.90 Å². The van der Waals surface area contributed by atoms with Crippen LogP contribution in [0.1, 0.15) is 23.7 Å². The second-order valence-electron chi connectivity index (χ2n) is 5.16. The molecule has 2 aliphatic heterocycles. The molecule has 6 heteroatoms. The number of fused-ring (bicyclic) bond motifs is 2. The van der Waals surface area contributed by atoms with Gasteiger partial charge >= 0.3 is 0 Å². The van der Waals surface area contributed by atoms with E-state index in [1.165, 1.54) is 19.2 Å². The van der Waals surface area contributed by atoms with E-state index in [0.29, 0.717) is 24.2 Å². The predicted octanol–water partition coefficient (Wildman–Crippen LogP) is 1.51. The SMILES string of the molecule is CC=C1C[C@H]2C(=O)Nc3cc(O)c(OC)cc3C(=O)N2C1. The number of nitrogens with one attached hydrogen (secondary N) is 1. The van der Waals surface area contributed by atoms with E-state index in [9.17, 15) is 14.7 Å². The highest BCUT2D eigenvalue weighted by molar-refractivity contribution is 6.11. The van der Waals surface area contributed by atoms with Crippen LogP contribution >= 0.6 is 0 Å². The number of phenolic OH excluding ortho intramolecular Hbond substituents is 1. The number of allylic oxidation sites excluding steroid dienone is 1. The van der Waals surface area contributed by atoms with Gasteiger partial charge in [-0.25, -0.2) is 0 Å². The van der Waals surface area contributed by atoms with E-state index in [4.69, 9.17) is 4.74 Å². The molecule has 0 spiro atoms. The maximum Gasteiger partial charge on any atom is 0.257 e. The number of amides is 2. The number of hydrogen-bond acceptors (Lipinski definition) is 4. The van der Waals surface area contributed by atoms with Crippen molar-refractivity contribution in [2.45, 2.75) is 19.4 Å². The summed E-state index contributed by atoms with van der Waals surface area (Å²) >= 11 is 0. The smallest absolute Gasteiger partial charge is 0.257 e. The van der Waals surface area contributed by atoms with Crippen molar-refractivity contribution in [1.82, 2.24) is 4.90 Å². The molecule has 2 N–H and O–H groups in total. The van der Waals surface area contributed by atoms with Crippen molar-refractivity contribution >= 4 is 17.5 Å². The van der Waals surface area contributed by atoms with E-state index < -0.39 is 6.04 Å². The first-order valence-corrected chi connectivity index (χ1v) is 6.72. The van der Waals surface area contributed by atoms with Crippen LogP contribution < -0.4 is 10.1 Å². The third-order valence-electron chi connectivity index (χ3n) is 3.98. The summed E-state index contributed by atoms with van der Waals surface area (Å²) < 4.78 is 5.04. The minimum atomic E-state index is -0.496. The van der Waals surface area contributed by atoms with Gasteiger partial charge in [0, 0.05) is 12.6 Å². The molecule has 1 atom stereocenters. The molecule has 3 rings (SSSR count). The van der Waals surface area contributed by atoms with E-state index in [2.05, 4.69) is 5.32 Å². The van der Waals surface area contributed by atoms with Crippen LogP contribution in [0.4, 0.5) is 5.69 Å². The van der Waals surface area contributed by atoms with Crippen LogP contribution in [-0.2, 0) is 4.79 Å². The Kier molecular flexibility index (Phi) is 3.08. The van der Waals surface area contributed by atoms with Crippen LogP contribution in [0.3, 0.4) is 0 Å². The number of benzene rings is 1. The summed E-state index contributed by atoms with van der Waals surface area (Å²) in [5.41, 5.74) is 1.72. The Labute approximate surface area is 122 Å². The first-order chi connectivity index (χ1) is 10.0. The Balaban J connectivity index is 2.10. The zero-order valence-corrected chi connectivity index (χ0v) is 11.8. The number of methoxy groups -OCH3 is 1. The number of carbonyl (C=O) groups is 2. The van der Waals surface area contributed by atoms with Crippen LogP contribution in [0, 0.1) is 0 Å². The van der Waals surface area contributed by atoms with Crippen LogP contribution in [-0.4, -0.2) is 41.5 Å². The molecule has 110 valence electrons. The molecule has 0 aliphatic carbocycles. The topological polar surface area (TPSA) is 78.9 Å². The van der Waals surface area contributed by atoms with Gasteiger partial charge in [0.2, 0.25) is 5.91 Å². The lowest BCUT2D eigenvalue weighted by molar-refractivity contribution is -0.119. The molecule has 6 nitrogen and oxygen atoms in total. The maximum atomic E-state index is 12.7. The highest BCUT2D eigenvalue weighted by Crippen LogP contribution is 2.37. The van der Waals surface area contributed by atoms with Crippen molar-refractivity contribution in [2.24, 2.45) is 0 Å². The molecule has 0 saturated carbocycles. The fraction of sp³-hybridized carbons (Fsp3) is 0.333. The van der Waals surface area contributed by atoms with Crippen molar-refractivity contribution in [3.8, 4) is 11.5 Å². The fourth-order valence-electron chi connectivity index (χ4n) is 2.79. The molecule has 2 heterocycles. The lowest BCUT2D eigenvalue weighted by atomic mass is 10.1. The van der Waals surface area contributed by atoms with Crippen LogP contribution in [0.15, 0.2) is 23.8 Å². The van der Waals surface area contributed by atoms with Gasteiger partial charge in [0.25, 0.3) is 5.91 Å². The predicted molar refractivity (Wildman–Crippen MR) is 76.5 cm³/mol. The number of carbonyl (C=O) groups excluding carboxylic acids is 2. The molecule has 1 aromatic rings. The Morgan fingerprint density at radius 3 is 2.86 bits per heavy atom. The highest BCUT2D eigenvalue weighted by Gasteiger charge is 2.40. The molecule has 1 fully saturated rings. The van der Waals surface area contributed by atoms with E-state index in [-0.39, 0.29) is 23.3 Å². The summed E-state index contributed by atoms with van der Waals surface area (Å²) in [5, 5.41) is 12.5. The quantitative estimate of drug-likeness (QED) is 0.768. The molecular formula is C15H16N2O4. The Morgan fingerprint density at radius 2 is 2.19 bits per heavy atom. The molecular weight excluding hydrogens is 272 g/mol. The third kappa shape index (κ3) is 2.03. The van der Waals surface area contributed by atoms with Gasteiger partial charge in [-0.1, -0.05) is 11.6 Å². The normalized spacial score (nSPS) is 22.7. The van der Waals surface area contributed by atoms with E-state index in [0.717, 1.165) is 5.57 Å². The lowest BCUT2D eigenvalue weighted by Gasteiger charge is -2.19. The minimum Gasteiger partial charge on any atom is -0.504 e. The number of nitrogens with zero attached hydrogens (tertiary/aromatic N) is 1. The van der Waals surface area contributed by atoms with Gasteiger partial charge in [0.15, 0.2) is 11.5 Å². The number of ether oxygens (including phenoxy) is 1. The molecule has 1 aromatic carbocycles. The largest absolute Gasteiger partial charge is 0.504 e. The van der Waals surface area contributed by atoms with Gasteiger partial charge in [0.05, 0.1) is 18.4 Å². The summed E-state index contributed by atoms with van der Waals surface area (Å²) in [5.74, 6) is -0.368. The summed E-state index contributed by atoms with van der Waals surface area (Å²) in [7, 11) is 1.41. The van der Waals surface area contributed by atoms with Crippen molar-refractivity contribution < 1.29 is 19.4 Å². The van der Waals surface area contributed by atoms with Gasteiger partial charge in [-0.3, -0.25) is 9.59 Å². The van der Waals surface area contributed by atoms with Gasteiger partial charge < -0.3 is 20.1 Å². The first-order valence-electron chi connectivity index (χ1n) is 6.72. The lowest BCUT2D eigenvalue weighted by Crippen LogP contribution is -2.40. The molecule has 2 amide bonds. The molecule has 21 heavy (non-hydrogen) atoms. The van der Waals surface area contributed by atoms with Crippen LogP contribution in [0.2, 0.25) is 0 Å². The Hall–Kier alpha value is -2.50. The van der Waals surface area contributed by atoms with Crippen molar-refractivity contribution in [1.29, 1.82) is 0 Å². The molecule has 0 unspecified atom stereocenters. The Bertz CT molecular complexity index is 666. The van der Waals surface area contributed by atoms with Gasteiger partial charge in [-0.05, 0) is 19.4 Å². The van der Waals surface area contributed by atoms with Gasteiger partial charge in [-0.2, -0.15) is 0 Å². The van der Waals surface area contributed by atoms with Crippen molar-refractivity contribution in [2.75, 3.05) is 19.0 Å². The number of anilines is 1. The average molecular weight is 288 g/mol. The van der Waals surface area contributed by atoms with Crippen LogP contribution in [0.5, 0.6) is 11.5 Å². The zero-order chi connectivity index (χ0) is 15.1. The van der Waals surface area contributed by atoms with Gasteiger partial charge in [-0.15, -0.1) is 0 Å². The zero-order valence-electron chi connectivity index (χ0n) is 11.8. The molecule has 2 aliphatic rings. The number of hydrogen-bond donors (Lipinski definition) is 2. The van der Waals surface area contributed by atoms with Gasteiger partial charge in [0.1, 0.15) is 6.04 Å². The minimum absolute atomic E-state index is 0.111. The maximum absolute atomic E-state index is 12.7. The standard InChI is InChI=1S/C15H16N2O4/c1-3-8-4-11-14(19)16-10-6-12(18)13(21-2)5-9(10)15(20)17(11)7-8/h3,5-6,11,18H,4,7H2,1-2H3,(H,16,19)/t11-/m0/s1. The Morgan fingerprint density at radius 1 is 1.43 bits per heavy atom. The highest BCUT2D eigenvalue weighted by atomic mass is 16.5. The first kappa shape index (κ1) is 13.5. The monoisotopic (exact) mass is 288 g/mol. The summed E-state index contributed by atoms with van der Waals surface area (Å²) in [6, 6.07) is 2.32. The molecule has 0 aromatic heterocycles. The number of rotatable bonds is 1. The summed E-state index contributed by atoms with van der Waals surface area (Å²) in [6.07, 6.45) is 2.48. The molecule has 1 saturated heterocycles. The van der Waals surface area contributed by atoms with Crippen LogP contribution in [0.25, 0.3) is 0 Å². The molecule has 0 bridgehead atoms. The second kappa shape index (κ2) is 4.80. The van der Waals surface area contributed by atoms with Crippen molar-refractivity contribution in [3.63, 3.8) is 0 Å². The number of phenols is 1. The van der Waals surface area contributed by atoms with E-state index >= 15 is 0 Å². The number of aromatic hydroxyl groups is 1. The summed E-state index contributed by atoms with van der Waals surface area (Å²) in [6.45, 7) is 2.36. The second-order valence-corrected chi connectivity index (χ2v) is 5.16. The van der Waals surface area contributed by atoms with E-state index in [1.807, 2.05) is 13.0 Å². The fourth-order valence-corrected chi connectivity index (χ4v) is 2.79. The van der Waals surface area contributed by atoms with Crippen molar-refractivity contribution in [3.05, 3.63) is 29.3 Å². The molecule has 0 radical (unpaired) electrons. The average Bonchev–Trinajstić information content (AvgIpc) is 2.87. The summed E-state index contributed by atoms with van der Waals surface area (Å²) in [4.78, 5) is 26.5.